The predicted octanol–water partition coefficient (Wildman–Crippen LogP) is 4.19. The molecule has 1 aromatic heterocycles. The lowest BCUT2D eigenvalue weighted by Crippen LogP contribution is -2.24. The molecule has 0 spiro atoms. The second-order valence-corrected chi connectivity index (χ2v) is 5.96. The Labute approximate surface area is 164 Å². The zero-order valence-corrected chi connectivity index (χ0v) is 16.5. The van der Waals surface area contributed by atoms with E-state index in [9.17, 15) is 13.2 Å². The van der Waals surface area contributed by atoms with Gasteiger partial charge in [0, 0.05) is 24.0 Å². The highest BCUT2D eigenvalue weighted by molar-refractivity contribution is 14.0. The largest absolute Gasteiger partial charge is 0.573 e. The molecule has 25 heavy (non-hydrogen) atoms. The molecular weight excluding hydrogens is 468 g/mol. The monoisotopic (exact) mass is 486 g/mol. The molecule has 0 aliphatic rings. The Kier molecular flexibility index (Phi) is 8.42. The van der Waals surface area contributed by atoms with Crippen LogP contribution >= 0.6 is 35.3 Å². The number of alkyl halides is 3. The number of nitrogens with two attached hydrogens (primary N) is 1. The number of benzene rings is 1. The van der Waals surface area contributed by atoms with Gasteiger partial charge in [-0.1, -0.05) is 19.1 Å². The highest BCUT2D eigenvalue weighted by Gasteiger charge is 2.32. The van der Waals surface area contributed by atoms with E-state index in [1.807, 2.05) is 6.20 Å². The number of halogens is 4. The average Bonchev–Trinajstić information content (AvgIpc) is 2.96. The Morgan fingerprint density at radius 2 is 2.08 bits per heavy atom. The third-order valence-electron chi connectivity index (χ3n) is 2.93. The number of hydrogen-bond acceptors (Lipinski definition) is 4. The van der Waals surface area contributed by atoms with Crippen molar-refractivity contribution < 1.29 is 17.9 Å². The van der Waals surface area contributed by atoms with Gasteiger partial charge >= 0.3 is 6.36 Å². The molecule has 0 saturated heterocycles. The van der Waals surface area contributed by atoms with Gasteiger partial charge in [-0.2, -0.15) is 0 Å². The number of guanidine groups is 1. The number of rotatable bonds is 6. The maximum atomic E-state index is 12.4. The summed E-state index contributed by atoms with van der Waals surface area (Å²) in [5, 5.41) is 3.57. The number of para-hydroxylation sites is 2. The molecule has 0 radical (unpaired) electrons. The van der Waals surface area contributed by atoms with Crippen molar-refractivity contribution in [1.29, 1.82) is 0 Å². The number of aromatic nitrogens is 1. The zero-order valence-electron chi connectivity index (χ0n) is 13.3. The summed E-state index contributed by atoms with van der Waals surface area (Å²) in [5.74, 6) is -0.351. The fourth-order valence-electron chi connectivity index (χ4n) is 1.86. The summed E-state index contributed by atoms with van der Waals surface area (Å²) in [6.07, 6.45) is -1.39. The first-order chi connectivity index (χ1) is 11.4. The maximum Gasteiger partial charge on any atom is 0.573 e. The molecule has 0 amide bonds. The smallest absolute Gasteiger partial charge is 0.404 e. The topological polar surface area (TPSA) is 72.5 Å². The van der Waals surface area contributed by atoms with E-state index in [4.69, 9.17) is 5.73 Å². The van der Waals surface area contributed by atoms with Crippen molar-refractivity contribution in [3.8, 4) is 5.75 Å². The lowest BCUT2D eigenvalue weighted by Gasteiger charge is -2.14. The van der Waals surface area contributed by atoms with E-state index in [0.29, 0.717) is 13.0 Å². The van der Waals surface area contributed by atoms with E-state index in [1.54, 1.807) is 17.4 Å². The number of nitrogens with zero attached hydrogens (tertiary/aromatic N) is 2. The fourth-order valence-corrected chi connectivity index (χ4v) is 2.71. The molecule has 2 rings (SSSR count). The van der Waals surface area contributed by atoms with Crippen LogP contribution in [0.5, 0.6) is 5.75 Å². The van der Waals surface area contributed by atoms with E-state index >= 15 is 0 Å². The molecule has 2 aromatic rings. The summed E-state index contributed by atoms with van der Waals surface area (Å²) < 4.78 is 41.0. The number of ether oxygens (including phenoxy) is 1. The molecule has 5 nitrogen and oxygen atoms in total. The number of anilines is 1. The van der Waals surface area contributed by atoms with Crippen molar-refractivity contribution in [2.75, 3.05) is 11.9 Å². The molecule has 0 unspecified atom stereocenters. The molecule has 138 valence electrons. The first-order valence-electron chi connectivity index (χ1n) is 7.22. The van der Waals surface area contributed by atoms with Crippen molar-refractivity contribution in [1.82, 2.24) is 4.98 Å². The zero-order chi connectivity index (χ0) is 17.6. The lowest BCUT2D eigenvalue weighted by atomic mass is 10.3. The third kappa shape index (κ3) is 7.46. The minimum absolute atomic E-state index is 0. The Morgan fingerprint density at radius 3 is 2.72 bits per heavy atom. The minimum Gasteiger partial charge on any atom is -0.404 e. The van der Waals surface area contributed by atoms with E-state index in [1.165, 1.54) is 23.1 Å². The molecule has 0 aliphatic heterocycles. The van der Waals surface area contributed by atoms with Crippen LogP contribution in [0.1, 0.15) is 16.8 Å². The molecule has 1 heterocycles. The van der Waals surface area contributed by atoms with Gasteiger partial charge in [0.05, 0.1) is 10.7 Å². The second kappa shape index (κ2) is 9.80. The molecule has 0 aliphatic carbocycles. The first-order valence-corrected chi connectivity index (χ1v) is 8.04. The highest BCUT2D eigenvalue weighted by Crippen LogP contribution is 2.29. The molecule has 0 fully saturated rings. The maximum absolute atomic E-state index is 12.4. The minimum atomic E-state index is -4.77. The number of thiazole rings is 1. The van der Waals surface area contributed by atoms with Gasteiger partial charge in [0.2, 0.25) is 0 Å². The van der Waals surface area contributed by atoms with E-state index in [0.717, 1.165) is 11.4 Å². The normalized spacial score (nSPS) is 11.8. The van der Waals surface area contributed by atoms with E-state index in [-0.39, 0.29) is 41.4 Å². The van der Waals surface area contributed by atoms with Crippen molar-refractivity contribution in [3.63, 3.8) is 0 Å². The molecule has 1 aromatic carbocycles. The number of aliphatic imine (C=N–C) groups is 1. The molecule has 0 saturated carbocycles. The predicted molar refractivity (Wildman–Crippen MR) is 104 cm³/mol. The second-order valence-electron chi connectivity index (χ2n) is 4.76. The van der Waals surface area contributed by atoms with Gasteiger partial charge in [-0.05, 0) is 18.6 Å². The van der Waals surface area contributed by atoms with Crippen LogP contribution in [0.4, 0.5) is 18.9 Å². The van der Waals surface area contributed by atoms with Crippen LogP contribution in [0.15, 0.2) is 35.5 Å². The SMILES string of the molecule is CCc1cnc(CCN=C(N)Nc2ccccc2OC(F)(F)F)s1.I. The van der Waals surface area contributed by atoms with E-state index < -0.39 is 6.36 Å². The fraction of sp³-hybridized carbons (Fsp3) is 0.333. The number of nitrogens with one attached hydrogen (secondary N) is 1. The van der Waals surface area contributed by atoms with Crippen LogP contribution in [0.3, 0.4) is 0 Å². The number of hydrogen-bond donors (Lipinski definition) is 2. The molecule has 3 N–H and O–H groups in total. The van der Waals surface area contributed by atoms with Crippen molar-refractivity contribution in [3.05, 3.63) is 40.3 Å². The Hall–Kier alpha value is -1.56. The molecule has 0 atom stereocenters. The van der Waals surface area contributed by atoms with Gasteiger partial charge in [0.1, 0.15) is 0 Å². The Morgan fingerprint density at radius 1 is 1.36 bits per heavy atom. The van der Waals surface area contributed by atoms with Gasteiger partial charge in [0.25, 0.3) is 0 Å². The van der Waals surface area contributed by atoms with Crippen LogP contribution in [-0.4, -0.2) is 23.9 Å². The quantitative estimate of drug-likeness (QED) is 0.365. The first kappa shape index (κ1) is 21.5. The Balaban J connectivity index is 0.00000312. The summed E-state index contributed by atoms with van der Waals surface area (Å²) in [5.41, 5.74) is 5.81. The molecule has 0 bridgehead atoms. The number of aryl methyl sites for hydroxylation is 1. The van der Waals surface area contributed by atoms with Crippen LogP contribution in [-0.2, 0) is 12.8 Å². The van der Waals surface area contributed by atoms with Gasteiger partial charge in [-0.3, -0.25) is 4.99 Å². The van der Waals surface area contributed by atoms with Gasteiger partial charge in [-0.15, -0.1) is 48.5 Å². The van der Waals surface area contributed by atoms with E-state index in [2.05, 4.69) is 27.0 Å². The summed E-state index contributed by atoms with van der Waals surface area (Å²) in [4.78, 5) is 9.56. The van der Waals surface area contributed by atoms with Crippen LogP contribution < -0.4 is 15.8 Å². The standard InChI is InChI=1S/C15H17F3N4OS.HI/c1-2-10-9-21-13(24-10)7-8-20-14(19)22-11-5-3-4-6-12(11)23-15(16,17)18;/h3-6,9H,2,7-8H2,1H3,(H3,19,20,22);1H. The molecular formula is C15H18F3IN4OS. The average molecular weight is 486 g/mol. The summed E-state index contributed by atoms with van der Waals surface area (Å²) in [6.45, 7) is 2.44. The lowest BCUT2D eigenvalue weighted by molar-refractivity contribution is -0.274. The van der Waals surface area contributed by atoms with Crippen molar-refractivity contribution in [2.24, 2.45) is 10.7 Å². The van der Waals surface area contributed by atoms with Gasteiger partial charge in [-0.25, -0.2) is 4.98 Å². The highest BCUT2D eigenvalue weighted by atomic mass is 127. The van der Waals surface area contributed by atoms with Gasteiger partial charge < -0.3 is 15.8 Å². The van der Waals surface area contributed by atoms with Crippen LogP contribution in [0, 0.1) is 0 Å². The van der Waals surface area contributed by atoms with Crippen LogP contribution in [0.25, 0.3) is 0 Å². The summed E-state index contributed by atoms with van der Waals surface area (Å²) in [6, 6.07) is 5.64. The van der Waals surface area contributed by atoms with Crippen molar-refractivity contribution in [2.45, 2.75) is 26.1 Å². The summed E-state index contributed by atoms with van der Waals surface area (Å²) >= 11 is 1.61. The third-order valence-corrected chi connectivity index (χ3v) is 4.13. The molecule has 10 heteroatoms. The van der Waals surface area contributed by atoms with Crippen LogP contribution in [0.2, 0.25) is 0 Å². The Bertz CT molecular complexity index is 706. The van der Waals surface area contributed by atoms with Crippen molar-refractivity contribution >= 4 is 47.0 Å². The van der Waals surface area contributed by atoms with Gasteiger partial charge in [0.15, 0.2) is 11.7 Å². The summed E-state index contributed by atoms with van der Waals surface area (Å²) in [7, 11) is 0.